The predicted octanol–water partition coefficient (Wildman–Crippen LogP) is 3.14. The van der Waals surface area contributed by atoms with Crippen LogP contribution in [0.15, 0.2) is 18.3 Å². The molecule has 2 rings (SSSR count). The maximum absolute atomic E-state index is 12.0. The topological polar surface area (TPSA) is 45.2 Å². The number of amides is 2. The zero-order valence-electron chi connectivity index (χ0n) is 9.82. The first-order valence-corrected chi connectivity index (χ1v) is 6.24. The smallest absolute Gasteiger partial charge is 0.322 e. The van der Waals surface area contributed by atoms with Gasteiger partial charge in [-0.3, -0.25) is 5.32 Å². The first-order valence-electron chi connectivity index (χ1n) is 5.86. The van der Waals surface area contributed by atoms with E-state index in [9.17, 15) is 4.79 Å². The Labute approximate surface area is 106 Å². The molecule has 0 aromatic carbocycles. The van der Waals surface area contributed by atoms with Crippen molar-refractivity contribution in [2.24, 2.45) is 0 Å². The largest absolute Gasteiger partial charge is 0.323 e. The molecule has 2 heterocycles. The maximum atomic E-state index is 12.0. The van der Waals surface area contributed by atoms with Gasteiger partial charge in [-0.15, -0.1) is 0 Å². The minimum absolute atomic E-state index is 0.0768. The molecule has 1 aliphatic heterocycles. The number of anilines is 1. The van der Waals surface area contributed by atoms with Crippen LogP contribution in [0.5, 0.6) is 0 Å². The van der Waals surface area contributed by atoms with Crippen LogP contribution in [0.4, 0.5) is 10.6 Å². The van der Waals surface area contributed by atoms with E-state index in [4.69, 9.17) is 11.6 Å². The minimum atomic E-state index is -0.0768. The van der Waals surface area contributed by atoms with Crippen LogP contribution in [-0.4, -0.2) is 28.5 Å². The van der Waals surface area contributed by atoms with Gasteiger partial charge < -0.3 is 4.90 Å². The summed E-state index contributed by atoms with van der Waals surface area (Å²) in [5.41, 5.74) is 0. The first kappa shape index (κ1) is 12.2. The van der Waals surface area contributed by atoms with Crippen molar-refractivity contribution in [3.05, 3.63) is 23.4 Å². The Morgan fingerprint density at radius 2 is 2.35 bits per heavy atom. The standard InChI is InChI=1S/C12H16ClN3O/c1-9-4-2-3-7-16(9)12(17)15-11-6-5-10(13)8-14-11/h5-6,8-9H,2-4,7H2,1H3,(H,14,15,17). The van der Waals surface area contributed by atoms with Gasteiger partial charge in [-0.25, -0.2) is 9.78 Å². The van der Waals surface area contributed by atoms with Crippen molar-refractivity contribution in [1.82, 2.24) is 9.88 Å². The van der Waals surface area contributed by atoms with Gasteiger partial charge in [-0.1, -0.05) is 11.6 Å². The molecule has 1 aliphatic rings. The van der Waals surface area contributed by atoms with Crippen molar-refractivity contribution in [3.63, 3.8) is 0 Å². The Kier molecular flexibility index (Phi) is 3.84. The zero-order valence-corrected chi connectivity index (χ0v) is 10.6. The predicted molar refractivity (Wildman–Crippen MR) is 68.3 cm³/mol. The maximum Gasteiger partial charge on any atom is 0.323 e. The summed E-state index contributed by atoms with van der Waals surface area (Å²) in [6, 6.07) is 3.64. The lowest BCUT2D eigenvalue weighted by Crippen LogP contribution is -2.44. The number of carbonyl (C=O) groups excluding carboxylic acids is 1. The zero-order chi connectivity index (χ0) is 12.3. The molecule has 0 bridgehead atoms. The van der Waals surface area contributed by atoms with Crippen LogP contribution in [0, 0.1) is 0 Å². The van der Waals surface area contributed by atoms with E-state index in [-0.39, 0.29) is 6.03 Å². The molecule has 1 aromatic rings. The highest BCUT2D eigenvalue weighted by atomic mass is 35.5. The number of piperidine rings is 1. The van der Waals surface area contributed by atoms with Crippen molar-refractivity contribution in [2.75, 3.05) is 11.9 Å². The molecule has 0 aliphatic carbocycles. The molecule has 2 amide bonds. The number of aromatic nitrogens is 1. The fraction of sp³-hybridized carbons (Fsp3) is 0.500. The van der Waals surface area contributed by atoms with E-state index < -0.39 is 0 Å². The molecule has 1 saturated heterocycles. The molecular formula is C12H16ClN3O. The van der Waals surface area contributed by atoms with Gasteiger partial charge in [0, 0.05) is 18.8 Å². The number of hydrogen-bond acceptors (Lipinski definition) is 2. The van der Waals surface area contributed by atoms with Gasteiger partial charge in [0.1, 0.15) is 5.82 Å². The van der Waals surface area contributed by atoms with Crippen molar-refractivity contribution in [3.8, 4) is 0 Å². The molecule has 1 atom stereocenters. The Balaban J connectivity index is 1.98. The summed E-state index contributed by atoms with van der Waals surface area (Å²) < 4.78 is 0. The average molecular weight is 254 g/mol. The molecule has 1 N–H and O–H groups in total. The fourth-order valence-electron chi connectivity index (χ4n) is 2.03. The number of hydrogen-bond donors (Lipinski definition) is 1. The van der Waals surface area contributed by atoms with E-state index in [0.29, 0.717) is 16.9 Å². The van der Waals surface area contributed by atoms with E-state index in [0.717, 1.165) is 19.4 Å². The number of rotatable bonds is 1. The van der Waals surface area contributed by atoms with Crippen molar-refractivity contribution >= 4 is 23.4 Å². The van der Waals surface area contributed by atoms with Gasteiger partial charge in [-0.05, 0) is 38.3 Å². The second kappa shape index (κ2) is 5.36. The second-order valence-electron chi connectivity index (χ2n) is 4.33. The second-order valence-corrected chi connectivity index (χ2v) is 4.77. The van der Waals surface area contributed by atoms with Crippen molar-refractivity contribution < 1.29 is 4.79 Å². The van der Waals surface area contributed by atoms with Gasteiger partial charge in [0.2, 0.25) is 0 Å². The quantitative estimate of drug-likeness (QED) is 0.836. The summed E-state index contributed by atoms with van der Waals surface area (Å²) in [5, 5.41) is 3.35. The summed E-state index contributed by atoms with van der Waals surface area (Å²) in [7, 11) is 0. The van der Waals surface area contributed by atoms with Gasteiger partial charge in [0.25, 0.3) is 0 Å². The highest BCUT2D eigenvalue weighted by molar-refractivity contribution is 6.30. The molecule has 1 aromatic heterocycles. The van der Waals surface area contributed by atoms with E-state index in [2.05, 4.69) is 17.2 Å². The molecule has 1 unspecified atom stereocenters. The monoisotopic (exact) mass is 253 g/mol. The molecular weight excluding hydrogens is 238 g/mol. The van der Waals surface area contributed by atoms with E-state index in [1.54, 1.807) is 12.1 Å². The number of halogens is 1. The third kappa shape index (κ3) is 3.09. The number of pyridine rings is 1. The first-order chi connectivity index (χ1) is 8.16. The lowest BCUT2D eigenvalue weighted by Gasteiger charge is -2.33. The third-order valence-corrected chi connectivity index (χ3v) is 3.25. The van der Waals surface area contributed by atoms with Crippen LogP contribution >= 0.6 is 11.6 Å². The molecule has 92 valence electrons. The molecule has 0 saturated carbocycles. The molecule has 5 heteroatoms. The summed E-state index contributed by atoms with van der Waals surface area (Å²) in [6.45, 7) is 2.90. The van der Waals surface area contributed by atoms with Crippen LogP contribution < -0.4 is 5.32 Å². The van der Waals surface area contributed by atoms with Gasteiger partial charge >= 0.3 is 6.03 Å². The Morgan fingerprint density at radius 1 is 1.53 bits per heavy atom. The van der Waals surface area contributed by atoms with Crippen molar-refractivity contribution in [2.45, 2.75) is 32.2 Å². The molecule has 0 radical (unpaired) electrons. The van der Waals surface area contributed by atoms with Gasteiger partial charge in [-0.2, -0.15) is 0 Å². The molecule has 17 heavy (non-hydrogen) atoms. The number of nitrogens with zero attached hydrogens (tertiary/aromatic N) is 2. The lowest BCUT2D eigenvalue weighted by atomic mass is 10.0. The lowest BCUT2D eigenvalue weighted by molar-refractivity contribution is 0.170. The summed E-state index contributed by atoms with van der Waals surface area (Å²) in [6.07, 6.45) is 4.87. The minimum Gasteiger partial charge on any atom is -0.322 e. The Morgan fingerprint density at radius 3 is 3.00 bits per heavy atom. The highest BCUT2D eigenvalue weighted by Crippen LogP contribution is 2.18. The molecule has 0 spiro atoms. The van der Waals surface area contributed by atoms with Crippen LogP contribution in [-0.2, 0) is 0 Å². The number of likely N-dealkylation sites (tertiary alicyclic amines) is 1. The van der Waals surface area contributed by atoms with E-state index in [1.165, 1.54) is 12.6 Å². The summed E-state index contributed by atoms with van der Waals surface area (Å²) in [5.74, 6) is 0.539. The van der Waals surface area contributed by atoms with Crippen molar-refractivity contribution in [1.29, 1.82) is 0 Å². The van der Waals surface area contributed by atoms with Gasteiger partial charge in [0.05, 0.1) is 5.02 Å². The number of nitrogens with one attached hydrogen (secondary N) is 1. The average Bonchev–Trinajstić information content (AvgIpc) is 2.32. The van der Waals surface area contributed by atoms with Crippen LogP contribution in [0.3, 0.4) is 0 Å². The van der Waals surface area contributed by atoms with Gasteiger partial charge in [0.15, 0.2) is 0 Å². The molecule has 4 nitrogen and oxygen atoms in total. The molecule has 1 fully saturated rings. The third-order valence-electron chi connectivity index (χ3n) is 3.03. The van der Waals surface area contributed by atoms with E-state index >= 15 is 0 Å². The normalized spacial score (nSPS) is 20.1. The number of urea groups is 1. The summed E-state index contributed by atoms with van der Waals surface area (Å²) in [4.78, 5) is 17.9. The Hall–Kier alpha value is -1.29. The Bertz CT molecular complexity index is 393. The van der Waals surface area contributed by atoms with Crippen LogP contribution in [0.25, 0.3) is 0 Å². The SMILES string of the molecule is CC1CCCCN1C(=O)Nc1ccc(Cl)cn1. The summed E-state index contributed by atoms with van der Waals surface area (Å²) >= 11 is 5.73. The van der Waals surface area contributed by atoms with E-state index in [1.807, 2.05) is 4.90 Å². The van der Waals surface area contributed by atoms with Crippen LogP contribution in [0.1, 0.15) is 26.2 Å². The fourth-order valence-corrected chi connectivity index (χ4v) is 2.14. The highest BCUT2D eigenvalue weighted by Gasteiger charge is 2.23. The van der Waals surface area contributed by atoms with Crippen LogP contribution in [0.2, 0.25) is 5.02 Å². The number of carbonyl (C=O) groups is 1.